The molecule has 9 aliphatic rings. The van der Waals surface area contributed by atoms with Gasteiger partial charge in [0, 0.05) is 11.5 Å². The van der Waals surface area contributed by atoms with Crippen LogP contribution >= 0.6 is 0 Å². The first kappa shape index (κ1) is 32.0. The van der Waals surface area contributed by atoms with E-state index in [0.29, 0.717) is 30.3 Å². The van der Waals surface area contributed by atoms with Gasteiger partial charge in [0.05, 0.1) is 6.17 Å². The third-order valence-corrected chi connectivity index (χ3v) is 18.0. The Hall–Kier alpha value is -1.98. The zero-order chi connectivity index (χ0) is 32.0. The maximum Gasteiger partial charge on any atom is 0.165 e. The van der Waals surface area contributed by atoms with E-state index in [2.05, 4.69) is 89.3 Å². The highest BCUT2D eigenvalue weighted by molar-refractivity contribution is 6.68. The van der Waals surface area contributed by atoms with Gasteiger partial charge in [-0.15, -0.1) is 5.54 Å². The molecule has 0 spiro atoms. The van der Waals surface area contributed by atoms with Gasteiger partial charge in [-0.05, 0) is 125 Å². The second kappa shape index (κ2) is 14.0. The number of nitrogens with one attached hydrogen (secondary N) is 2. The first-order chi connectivity index (χ1) is 23.7. The minimum Gasteiger partial charge on any atom is -0.312 e. The Kier molecular flexibility index (Phi) is 9.30. The van der Waals surface area contributed by atoms with Crippen LogP contribution in [0.2, 0.25) is 12.1 Å². The lowest BCUT2D eigenvalue weighted by Gasteiger charge is -2.47. The Morgan fingerprint density at radius 2 is 1.62 bits per heavy atom. The van der Waals surface area contributed by atoms with Crippen molar-refractivity contribution in [1.29, 1.82) is 0 Å². The summed E-state index contributed by atoms with van der Waals surface area (Å²) in [7, 11) is -0.502. The summed E-state index contributed by atoms with van der Waals surface area (Å²) in [6.07, 6.45) is 49.7. The number of nitrogens with two attached hydrogens (primary N) is 1. The quantitative estimate of drug-likeness (QED) is 0.204. The average Bonchev–Trinajstić information content (AvgIpc) is 3.46. The van der Waals surface area contributed by atoms with Gasteiger partial charge in [-0.3, -0.25) is 8.80 Å². The minimum atomic E-state index is -0.502. The van der Waals surface area contributed by atoms with E-state index in [1.807, 2.05) is 21.9 Å². The van der Waals surface area contributed by atoms with Gasteiger partial charge >= 0.3 is 0 Å². The van der Waals surface area contributed by atoms with Crippen molar-refractivity contribution in [3.05, 3.63) is 94.3 Å². The van der Waals surface area contributed by atoms with Crippen LogP contribution in [0.15, 0.2) is 94.3 Å². The number of fused-ring (bicyclic) bond motifs is 4. The molecular formula is C44H61N3Si. The molecule has 0 radical (unpaired) electrons. The molecule has 0 aromatic rings. The lowest BCUT2D eigenvalue weighted by atomic mass is 9.63. The van der Waals surface area contributed by atoms with Crippen LogP contribution in [0.4, 0.5) is 0 Å². The molecule has 0 bridgehead atoms. The maximum absolute atomic E-state index is 4.41. The molecule has 3 nitrogen and oxygen atoms in total. The van der Waals surface area contributed by atoms with E-state index >= 15 is 0 Å². The first-order valence-electron chi connectivity index (χ1n) is 20.4. The highest BCUT2D eigenvalue weighted by Crippen LogP contribution is 2.55. The van der Waals surface area contributed by atoms with Crippen molar-refractivity contribution in [2.45, 2.75) is 133 Å². The van der Waals surface area contributed by atoms with Gasteiger partial charge in [0.15, 0.2) is 6.17 Å². The minimum absolute atomic E-state index is 0.337. The van der Waals surface area contributed by atoms with Crippen molar-refractivity contribution >= 4 is 8.80 Å². The smallest absolute Gasteiger partial charge is 0.165 e. The molecule has 3 fully saturated rings. The average molecular weight is 660 g/mol. The lowest BCUT2D eigenvalue weighted by Crippen LogP contribution is -3.06. The van der Waals surface area contributed by atoms with E-state index in [-0.39, 0.29) is 0 Å². The van der Waals surface area contributed by atoms with Gasteiger partial charge < -0.3 is 5.32 Å². The van der Waals surface area contributed by atoms with Crippen LogP contribution in [0.5, 0.6) is 0 Å². The van der Waals surface area contributed by atoms with Crippen molar-refractivity contribution in [2.75, 3.05) is 0 Å². The molecule has 9 rings (SSSR count). The summed E-state index contributed by atoms with van der Waals surface area (Å²) in [6, 6.07) is 0. The van der Waals surface area contributed by atoms with E-state index in [0.717, 1.165) is 35.1 Å². The molecule has 0 amide bonds. The van der Waals surface area contributed by atoms with Gasteiger partial charge in [0.2, 0.25) is 0 Å². The molecule has 11 unspecified atom stereocenters. The Labute approximate surface area is 292 Å². The molecule has 2 heterocycles. The Morgan fingerprint density at radius 1 is 0.688 bits per heavy atom. The summed E-state index contributed by atoms with van der Waals surface area (Å²) < 4.78 is 0. The summed E-state index contributed by atoms with van der Waals surface area (Å²) in [5.74, 6) is 5.29. The Morgan fingerprint density at radius 3 is 2.48 bits per heavy atom. The third kappa shape index (κ3) is 5.95. The summed E-state index contributed by atoms with van der Waals surface area (Å²) in [6.45, 7) is 2.71. The van der Waals surface area contributed by atoms with Crippen LogP contribution in [0, 0.1) is 41.4 Å². The molecule has 256 valence electrons. The summed E-state index contributed by atoms with van der Waals surface area (Å²) in [4.78, 5) is 0. The summed E-state index contributed by atoms with van der Waals surface area (Å²) in [5.41, 5.74) is 8.16. The molecule has 4 N–H and O–H groups in total. The standard InChI is InChI=1S/C44H60N3Si/c1-48-40-22-11-10-19-36(40)37-20-12-21-39(41(37)48)44-46-42(32-25-23-30(24-26-32)29-13-4-2-5-14-29)45-43(47-44)38-28-27-33(31-15-6-3-7-16-31)34-17-8-9-18-35(34)38/h2-4,6-7,10,13,15,19,23,25,30-34,36-37,40,42-47H,5,8-9,11-12,14,16-18,20-22,24,26-28H2,1H3/q-1/p+1. The van der Waals surface area contributed by atoms with Crippen LogP contribution in [0.1, 0.15) is 103 Å². The first-order valence-corrected chi connectivity index (χ1v) is 22.5. The van der Waals surface area contributed by atoms with Gasteiger partial charge in [-0.25, -0.2) is 15.8 Å². The molecule has 48 heavy (non-hydrogen) atoms. The van der Waals surface area contributed by atoms with Crippen molar-refractivity contribution < 1.29 is 5.32 Å². The predicted molar refractivity (Wildman–Crippen MR) is 201 cm³/mol. The normalized spacial score (nSPS) is 42.5. The van der Waals surface area contributed by atoms with E-state index in [1.54, 1.807) is 5.57 Å². The molecule has 0 aromatic carbocycles. The molecular weight excluding hydrogens is 599 g/mol. The molecule has 7 aliphatic carbocycles. The number of rotatable bonds is 5. The zero-order valence-corrected chi connectivity index (χ0v) is 30.6. The molecule has 11 atom stereocenters. The number of hydrogen-bond acceptors (Lipinski definition) is 2. The van der Waals surface area contributed by atoms with Crippen LogP contribution in [-0.4, -0.2) is 27.3 Å². The van der Waals surface area contributed by atoms with Crippen molar-refractivity contribution in [1.82, 2.24) is 10.6 Å². The fraction of sp³-hybridized carbons (Fsp3) is 0.636. The molecule has 0 aromatic heterocycles. The number of hydrogen-bond donors (Lipinski definition) is 3. The maximum atomic E-state index is 4.41. The number of allylic oxidation sites excluding steroid dienone is 13. The second-order valence-corrected chi connectivity index (χ2v) is 19.7. The van der Waals surface area contributed by atoms with Gasteiger partial charge in [-0.1, -0.05) is 96.4 Å². The summed E-state index contributed by atoms with van der Waals surface area (Å²) in [5, 5.41) is 13.5. The van der Waals surface area contributed by atoms with Crippen LogP contribution < -0.4 is 16.0 Å². The van der Waals surface area contributed by atoms with Crippen LogP contribution in [0.25, 0.3) is 0 Å². The Balaban J connectivity index is 1.04. The fourth-order valence-electron chi connectivity index (χ4n) is 12.4. The third-order valence-electron chi connectivity index (χ3n) is 14.7. The van der Waals surface area contributed by atoms with E-state index in [1.165, 1.54) is 103 Å². The van der Waals surface area contributed by atoms with Gasteiger partial charge in [0.25, 0.3) is 0 Å². The van der Waals surface area contributed by atoms with E-state index in [4.69, 9.17) is 0 Å². The molecule has 4 heteroatoms. The highest BCUT2D eigenvalue weighted by Gasteiger charge is 2.45. The zero-order valence-electron chi connectivity index (χ0n) is 29.6. The molecule has 1 saturated carbocycles. The van der Waals surface area contributed by atoms with Crippen LogP contribution in [0.3, 0.4) is 0 Å². The largest absolute Gasteiger partial charge is 0.312 e. The number of quaternary nitrogens is 1. The second-order valence-electron chi connectivity index (χ2n) is 17.0. The van der Waals surface area contributed by atoms with E-state index < -0.39 is 8.80 Å². The van der Waals surface area contributed by atoms with Gasteiger partial charge in [-0.2, -0.15) is 6.55 Å². The van der Waals surface area contributed by atoms with Crippen molar-refractivity contribution in [3.63, 3.8) is 0 Å². The monoisotopic (exact) mass is 659 g/mol. The SMILES string of the molecule is C[Si-]1C2=C(C3NC(C4=C5CCCCC5C(C5C=CC=CC5)CC4)[NH2+]C(C4C=CC(C5=CC=CCC5)CC4)N3)CCCC2C2C=CCCC21. The molecule has 2 aliphatic heterocycles. The topological polar surface area (TPSA) is 40.7 Å². The van der Waals surface area contributed by atoms with Crippen LogP contribution in [-0.2, 0) is 0 Å². The van der Waals surface area contributed by atoms with Crippen molar-refractivity contribution in [2.24, 2.45) is 41.4 Å². The lowest BCUT2D eigenvalue weighted by molar-refractivity contribution is -0.739. The summed E-state index contributed by atoms with van der Waals surface area (Å²) >= 11 is 0. The van der Waals surface area contributed by atoms with Crippen molar-refractivity contribution in [3.8, 4) is 0 Å². The molecule has 2 saturated heterocycles. The highest BCUT2D eigenvalue weighted by atomic mass is 28.3. The van der Waals surface area contributed by atoms with Gasteiger partial charge in [0.1, 0.15) is 6.17 Å². The predicted octanol–water partition coefficient (Wildman–Crippen LogP) is 8.72. The fourth-order valence-corrected chi connectivity index (χ4v) is 16.0. The Bertz CT molecular complexity index is 1470. The van der Waals surface area contributed by atoms with E-state index in [9.17, 15) is 0 Å².